The predicted molar refractivity (Wildman–Crippen MR) is 93.5 cm³/mol. The quantitative estimate of drug-likeness (QED) is 0.665. The number of anilines is 1. The summed E-state index contributed by atoms with van der Waals surface area (Å²) < 4.78 is 35.9. The van der Waals surface area contributed by atoms with E-state index in [1.165, 1.54) is 52.7 Å². The molecule has 0 saturated carbocycles. The standard InChI is InChI=1S/C15H19N5O5S/c1-20(2)26(22,23)12-9-10(5-6-11(12)24-3)14(21)18-19-15-16-8-7-13(17-15)25-4/h5-9H,1-4H3,(H,18,21)(H,16,17,19). The van der Waals surface area contributed by atoms with Gasteiger partial charge in [0.05, 0.1) is 14.2 Å². The maximum Gasteiger partial charge on any atom is 0.269 e. The van der Waals surface area contributed by atoms with Crippen LogP contribution in [0.5, 0.6) is 11.6 Å². The Morgan fingerprint density at radius 2 is 1.88 bits per heavy atom. The number of carbonyl (C=O) groups is 1. The molecule has 1 heterocycles. The van der Waals surface area contributed by atoms with Gasteiger partial charge in [0.25, 0.3) is 5.91 Å². The fourth-order valence-corrected chi connectivity index (χ4v) is 2.99. The Morgan fingerprint density at radius 3 is 2.50 bits per heavy atom. The fraction of sp³-hybridized carbons (Fsp3) is 0.267. The topological polar surface area (TPSA) is 123 Å². The van der Waals surface area contributed by atoms with Crippen molar-refractivity contribution in [2.24, 2.45) is 0 Å². The SMILES string of the molecule is COc1ccnc(NNC(=O)c2ccc(OC)c(S(=O)(=O)N(C)C)c2)n1. The van der Waals surface area contributed by atoms with Crippen molar-refractivity contribution >= 4 is 21.9 Å². The highest BCUT2D eigenvalue weighted by Gasteiger charge is 2.24. The van der Waals surface area contributed by atoms with Crippen molar-refractivity contribution in [2.45, 2.75) is 4.90 Å². The van der Waals surface area contributed by atoms with Crippen LogP contribution >= 0.6 is 0 Å². The third-order valence-electron chi connectivity index (χ3n) is 3.31. The summed E-state index contributed by atoms with van der Waals surface area (Å²) in [6, 6.07) is 5.64. The number of sulfonamides is 1. The summed E-state index contributed by atoms with van der Waals surface area (Å²) in [6.07, 6.45) is 1.45. The van der Waals surface area contributed by atoms with Gasteiger partial charge in [0, 0.05) is 31.9 Å². The van der Waals surface area contributed by atoms with Crippen molar-refractivity contribution in [3.63, 3.8) is 0 Å². The first-order valence-corrected chi connectivity index (χ1v) is 8.77. The van der Waals surface area contributed by atoms with Gasteiger partial charge in [-0.05, 0) is 18.2 Å². The molecule has 2 aromatic rings. The number of nitrogens with zero attached hydrogens (tertiary/aromatic N) is 3. The molecule has 1 amide bonds. The lowest BCUT2D eigenvalue weighted by atomic mass is 10.2. The van der Waals surface area contributed by atoms with Crippen molar-refractivity contribution in [2.75, 3.05) is 33.7 Å². The number of carbonyl (C=O) groups excluding carboxylic acids is 1. The summed E-state index contributed by atoms with van der Waals surface area (Å²) in [5, 5.41) is 0. The van der Waals surface area contributed by atoms with Gasteiger partial charge in [0.2, 0.25) is 21.9 Å². The molecule has 0 atom stereocenters. The van der Waals surface area contributed by atoms with Crippen LogP contribution in [0, 0.1) is 0 Å². The van der Waals surface area contributed by atoms with Crippen molar-refractivity contribution < 1.29 is 22.7 Å². The number of nitrogens with one attached hydrogen (secondary N) is 2. The molecule has 10 nitrogen and oxygen atoms in total. The van der Waals surface area contributed by atoms with E-state index in [0.717, 1.165) is 4.31 Å². The number of hydrazine groups is 1. The van der Waals surface area contributed by atoms with E-state index in [0.29, 0.717) is 5.88 Å². The van der Waals surface area contributed by atoms with E-state index in [9.17, 15) is 13.2 Å². The Hall–Kier alpha value is -2.92. The van der Waals surface area contributed by atoms with Gasteiger partial charge in [-0.1, -0.05) is 0 Å². The Balaban J connectivity index is 2.24. The molecule has 1 aromatic heterocycles. The molecule has 0 fully saturated rings. The monoisotopic (exact) mass is 381 g/mol. The summed E-state index contributed by atoms with van der Waals surface area (Å²) >= 11 is 0. The summed E-state index contributed by atoms with van der Waals surface area (Å²) in [6.45, 7) is 0. The predicted octanol–water partition coefficient (Wildman–Crippen LogP) is 0.501. The molecule has 2 rings (SSSR count). The second-order valence-corrected chi connectivity index (χ2v) is 7.28. The maximum absolute atomic E-state index is 12.4. The van der Waals surface area contributed by atoms with E-state index in [2.05, 4.69) is 20.8 Å². The minimum Gasteiger partial charge on any atom is -0.495 e. The minimum absolute atomic E-state index is 0.113. The first kappa shape index (κ1) is 19.4. The molecule has 140 valence electrons. The number of rotatable bonds is 7. The molecule has 0 unspecified atom stereocenters. The number of hydrogen-bond donors (Lipinski definition) is 2. The van der Waals surface area contributed by atoms with Gasteiger partial charge < -0.3 is 9.47 Å². The van der Waals surface area contributed by atoms with Gasteiger partial charge in [-0.2, -0.15) is 4.98 Å². The van der Waals surface area contributed by atoms with E-state index < -0.39 is 15.9 Å². The molecule has 0 aliphatic heterocycles. The minimum atomic E-state index is -3.79. The lowest BCUT2D eigenvalue weighted by Crippen LogP contribution is -2.30. The van der Waals surface area contributed by atoms with Crippen molar-refractivity contribution in [1.29, 1.82) is 0 Å². The molecule has 0 aliphatic rings. The number of ether oxygens (including phenoxy) is 2. The van der Waals surface area contributed by atoms with Gasteiger partial charge in [-0.3, -0.25) is 15.6 Å². The van der Waals surface area contributed by atoms with Crippen LogP contribution in [0.2, 0.25) is 0 Å². The zero-order valence-corrected chi connectivity index (χ0v) is 15.5. The van der Waals surface area contributed by atoms with Crippen LogP contribution in [0.1, 0.15) is 10.4 Å². The zero-order valence-electron chi connectivity index (χ0n) is 14.7. The molecule has 0 spiro atoms. The Kier molecular flexibility index (Phi) is 5.95. The van der Waals surface area contributed by atoms with Crippen LogP contribution in [0.25, 0.3) is 0 Å². The van der Waals surface area contributed by atoms with E-state index >= 15 is 0 Å². The highest BCUT2D eigenvalue weighted by molar-refractivity contribution is 7.89. The largest absolute Gasteiger partial charge is 0.495 e. The third-order valence-corrected chi connectivity index (χ3v) is 5.15. The maximum atomic E-state index is 12.4. The summed E-state index contributed by atoms with van der Waals surface area (Å²) in [5.74, 6) is 0.00141. The van der Waals surface area contributed by atoms with Crippen LogP contribution in [-0.2, 0) is 10.0 Å². The molecule has 11 heteroatoms. The number of benzene rings is 1. The molecule has 0 aliphatic carbocycles. The Labute approximate surface area is 151 Å². The van der Waals surface area contributed by atoms with Gasteiger partial charge >= 0.3 is 0 Å². The second kappa shape index (κ2) is 7.97. The molecule has 0 bridgehead atoms. The van der Waals surface area contributed by atoms with E-state index in [1.54, 1.807) is 6.07 Å². The van der Waals surface area contributed by atoms with Crippen molar-refractivity contribution in [3.8, 4) is 11.6 Å². The van der Waals surface area contributed by atoms with Gasteiger partial charge in [0.15, 0.2) is 0 Å². The van der Waals surface area contributed by atoms with Crippen molar-refractivity contribution in [1.82, 2.24) is 19.7 Å². The van der Waals surface area contributed by atoms with Gasteiger partial charge in [-0.25, -0.2) is 17.7 Å². The van der Waals surface area contributed by atoms with Crippen LogP contribution < -0.4 is 20.3 Å². The van der Waals surface area contributed by atoms with E-state index in [1.807, 2.05) is 0 Å². The average Bonchev–Trinajstić information content (AvgIpc) is 2.65. The summed E-state index contributed by atoms with van der Waals surface area (Å²) in [5.41, 5.74) is 5.04. The first-order chi connectivity index (χ1) is 12.3. The molecule has 2 N–H and O–H groups in total. The number of hydrogen-bond acceptors (Lipinski definition) is 8. The third kappa shape index (κ3) is 4.18. The lowest BCUT2D eigenvalue weighted by molar-refractivity contribution is 0.0962. The summed E-state index contributed by atoms with van der Waals surface area (Å²) in [7, 11) is 1.80. The average molecular weight is 381 g/mol. The molecule has 1 aromatic carbocycles. The van der Waals surface area contributed by atoms with Crippen LogP contribution in [-0.4, -0.2) is 56.9 Å². The van der Waals surface area contributed by atoms with E-state index in [-0.39, 0.29) is 22.2 Å². The van der Waals surface area contributed by atoms with Crippen molar-refractivity contribution in [3.05, 3.63) is 36.0 Å². The molecular weight excluding hydrogens is 362 g/mol. The summed E-state index contributed by atoms with van der Waals surface area (Å²) in [4.78, 5) is 20.1. The smallest absolute Gasteiger partial charge is 0.269 e. The number of amides is 1. The Morgan fingerprint density at radius 1 is 1.15 bits per heavy atom. The molecule has 0 radical (unpaired) electrons. The first-order valence-electron chi connectivity index (χ1n) is 7.33. The lowest BCUT2D eigenvalue weighted by Gasteiger charge is -2.15. The van der Waals surface area contributed by atoms with Crippen LogP contribution in [0.4, 0.5) is 5.95 Å². The normalized spacial score (nSPS) is 11.1. The molecule has 0 saturated heterocycles. The van der Waals surface area contributed by atoms with Gasteiger partial charge in [-0.15, -0.1) is 0 Å². The van der Waals surface area contributed by atoms with Crippen LogP contribution in [0.3, 0.4) is 0 Å². The second-order valence-electron chi connectivity index (χ2n) is 5.15. The van der Waals surface area contributed by atoms with Gasteiger partial charge in [0.1, 0.15) is 10.6 Å². The fourth-order valence-electron chi connectivity index (χ4n) is 1.92. The Bertz CT molecular complexity index is 901. The highest BCUT2D eigenvalue weighted by atomic mass is 32.2. The highest BCUT2D eigenvalue weighted by Crippen LogP contribution is 2.26. The number of methoxy groups -OCH3 is 2. The molecular formula is C15H19N5O5S. The molecule has 26 heavy (non-hydrogen) atoms. The zero-order chi connectivity index (χ0) is 19.3. The van der Waals surface area contributed by atoms with E-state index in [4.69, 9.17) is 9.47 Å². The number of aromatic nitrogens is 2. The van der Waals surface area contributed by atoms with Crippen LogP contribution in [0.15, 0.2) is 35.4 Å².